The van der Waals surface area contributed by atoms with Gasteiger partial charge in [0.2, 0.25) is 11.8 Å². The lowest BCUT2D eigenvalue weighted by molar-refractivity contribution is -0.136. The summed E-state index contributed by atoms with van der Waals surface area (Å²) in [4.78, 5) is 37.1. The Labute approximate surface area is 158 Å². The standard InChI is InChI=1S/C18H19F3N2O5/c19-12-8-11-10(7-14(12)28-6-4-18(20,21)3-5-24)9-23(17(11)27)13-1-2-15(25)22-16(13)26/h7-8,13,24H,1-6,9H2,(H,22,25,26). The van der Waals surface area contributed by atoms with Crippen LogP contribution in [0.3, 0.4) is 0 Å². The van der Waals surface area contributed by atoms with E-state index in [1.54, 1.807) is 0 Å². The molecule has 0 bridgehead atoms. The smallest absolute Gasteiger partial charge is 0.255 e. The highest BCUT2D eigenvalue weighted by Crippen LogP contribution is 2.32. The summed E-state index contributed by atoms with van der Waals surface area (Å²) < 4.78 is 46.1. The first-order chi connectivity index (χ1) is 13.2. The summed E-state index contributed by atoms with van der Waals surface area (Å²) in [5.74, 6) is -5.80. The van der Waals surface area contributed by atoms with Crippen LogP contribution in [0.2, 0.25) is 0 Å². The number of hydrogen-bond donors (Lipinski definition) is 2. The van der Waals surface area contributed by atoms with Gasteiger partial charge in [0, 0.05) is 38.0 Å². The van der Waals surface area contributed by atoms with E-state index in [4.69, 9.17) is 9.84 Å². The Morgan fingerprint density at radius 1 is 1.25 bits per heavy atom. The number of alkyl halides is 2. The van der Waals surface area contributed by atoms with Crippen molar-refractivity contribution in [2.45, 2.75) is 44.2 Å². The molecule has 0 spiro atoms. The van der Waals surface area contributed by atoms with Crippen LogP contribution in [-0.2, 0) is 16.1 Å². The van der Waals surface area contributed by atoms with E-state index < -0.39 is 61.6 Å². The molecule has 7 nitrogen and oxygen atoms in total. The van der Waals surface area contributed by atoms with Crippen LogP contribution in [-0.4, -0.2) is 52.9 Å². The van der Waals surface area contributed by atoms with Crippen LogP contribution in [0.5, 0.6) is 5.75 Å². The van der Waals surface area contributed by atoms with Crippen molar-refractivity contribution in [3.8, 4) is 5.75 Å². The van der Waals surface area contributed by atoms with Crippen LogP contribution < -0.4 is 10.1 Å². The van der Waals surface area contributed by atoms with E-state index in [1.807, 2.05) is 0 Å². The normalized spacial score (nSPS) is 19.6. The first-order valence-electron chi connectivity index (χ1n) is 8.80. The van der Waals surface area contributed by atoms with Crippen molar-refractivity contribution in [2.24, 2.45) is 0 Å². The van der Waals surface area contributed by atoms with Crippen molar-refractivity contribution in [1.82, 2.24) is 10.2 Å². The van der Waals surface area contributed by atoms with Crippen molar-refractivity contribution in [3.63, 3.8) is 0 Å². The van der Waals surface area contributed by atoms with Crippen molar-refractivity contribution >= 4 is 17.7 Å². The van der Waals surface area contributed by atoms with Crippen LogP contribution in [0.25, 0.3) is 0 Å². The highest BCUT2D eigenvalue weighted by atomic mass is 19.3. The summed E-state index contributed by atoms with van der Waals surface area (Å²) in [7, 11) is 0. The van der Waals surface area contributed by atoms with Gasteiger partial charge in [0.1, 0.15) is 6.04 Å². The zero-order valence-corrected chi connectivity index (χ0v) is 14.8. The molecule has 1 aromatic rings. The Balaban J connectivity index is 1.70. The number of fused-ring (bicyclic) bond motifs is 1. The number of hydrogen-bond acceptors (Lipinski definition) is 5. The molecule has 0 aromatic heterocycles. The van der Waals surface area contributed by atoms with Crippen LogP contribution >= 0.6 is 0 Å². The van der Waals surface area contributed by atoms with Gasteiger partial charge in [-0.25, -0.2) is 13.2 Å². The molecule has 3 rings (SSSR count). The molecule has 2 N–H and O–H groups in total. The number of halogens is 3. The molecule has 0 aliphatic carbocycles. The number of aliphatic hydroxyl groups excluding tert-OH is 1. The Morgan fingerprint density at radius 2 is 2.00 bits per heavy atom. The number of ether oxygens (including phenoxy) is 1. The molecule has 1 atom stereocenters. The maximum Gasteiger partial charge on any atom is 0.255 e. The number of carbonyl (C=O) groups is 3. The van der Waals surface area contributed by atoms with Gasteiger partial charge in [-0.05, 0) is 24.1 Å². The van der Waals surface area contributed by atoms with E-state index in [0.29, 0.717) is 5.56 Å². The van der Waals surface area contributed by atoms with Gasteiger partial charge < -0.3 is 14.7 Å². The monoisotopic (exact) mass is 400 g/mol. The van der Waals surface area contributed by atoms with Crippen molar-refractivity contribution in [1.29, 1.82) is 0 Å². The second-order valence-electron chi connectivity index (χ2n) is 6.77. The molecular weight excluding hydrogens is 381 g/mol. The third kappa shape index (κ3) is 4.11. The molecular formula is C18H19F3N2O5. The van der Waals surface area contributed by atoms with Crippen molar-refractivity contribution in [3.05, 3.63) is 29.1 Å². The summed E-state index contributed by atoms with van der Waals surface area (Å²) in [6, 6.07) is 1.39. The van der Waals surface area contributed by atoms with Crippen LogP contribution in [0.15, 0.2) is 12.1 Å². The average Bonchev–Trinajstić information content (AvgIpc) is 2.91. The molecule has 0 radical (unpaired) electrons. The summed E-state index contributed by atoms with van der Waals surface area (Å²) in [5, 5.41) is 10.8. The van der Waals surface area contributed by atoms with E-state index in [-0.39, 0.29) is 30.7 Å². The van der Waals surface area contributed by atoms with Crippen LogP contribution in [0.4, 0.5) is 13.2 Å². The largest absolute Gasteiger partial charge is 0.490 e. The summed E-state index contributed by atoms with van der Waals surface area (Å²) >= 11 is 0. The van der Waals surface area contributed by atoms with Crippen molar-refractivity contribution in [2.75, 3.05) is 13.2 Å². The minimum absolute atomic E-state index is 0.0256. The molecule has 2 heterocycles. The van der Waals surface area contributed by atoms with E-state index >= 15 is 0 Å². The minimum Gasteiger partial charge on any atom is -0.490 e. The highest BCUT2D eigenvalue weighted by Gasteiger charge is 2.39. The molecule has 28 heavy (non-hydrogen) atoms. The van der Waals surface area contributed by atoms with Gasteiger partial charge in [-0.3, -0.25) is 19.7 Å². The summed E-state index contributed by atoms with van der Waals surface area (Å²) in [5.41, 5.74) is 0.480. The van der Waals surface area contributed by atoms with Crippen LogP contribution in [0.1, 0.15) is 41.6 Å². The lowest BCUT2D eigenvalue weighted by Gasteiger charge is -2.29. The molecule has 3 amide bonds. The lowest BCUT2D eigenvalue weighted by Crippen LogP contribution is -2.52. The Morgan fingerprint density at radius 3 is 2.68 bits per heavy atom. The Hall–Kier alpha value is -2.62. The molecule has 2 aliphatic rings. The number of carbonyl (C=O) groups excluding carboxylic acids is 3. The SMILES string of the molecule is O=C1CCC(N2Cc3cc(OCCC(F)(F)CCO)c(F)cc3C2=O)C(=O)N1. The minimum atomic E-state index is -3.12. The van der Waals surface area contributed by atoms with Gasteiger partial charge in [-0.1, -0.05) is 0 Å². The third-order valence-corrected chi connectivity index (χ3v) is 4.78. The fraction of sp³-hybridized carbons (Fsp3) is 0.500. The number of imide groups is 1. The van der Waals surface area contributed by atoms with Gasteiger partial charge in [0.05, 0.1) is 6.61 Å². The Kier molecular flexibility index (Phi) is 5.59. The average molecular weight is 400 g/mol. The van der Waals surface area contributed by atoms with Gasteiger partial charge in [-0.2, -0.15) is 0 Å². The van der Waals surface area contributed by atoms with Crippen LogP contribution in [0, 0.1) is 5.82 Å². The quantitative estimate of drug-likeness (QED) is 0.674. The number of aliphatic hydroxyl groups is 1. The summed E-state index contributed by atoms with van der Waals surface area (Å²) in [6.07, 6.45) is -1.12. The highest BCUT2D eigenvalue weighted by molar-refractivity contribution is 6.05. The second kappa shape index (κ2) is 7.78. The van der Waals surface area contributed by atoms with Gasteiger partial charge in [0.15, 0.2) is 11.6 Å². The van der Waals surface area contributed by atoms with E-state index in [2.05, 4.69) is 5.32 Å². The number of piperidine rings is 1. The summed E-state index contributed by atoms with van der Waals surface area (Å²) in [6.45, 7) is -1.11. The van der Waals surface area contributed by atoms with E-state index in [9.17, 15) is 27.6 Å². The third-order valence-electron chi connectivity index (χ3n) is 4.78. The number of amides is 3. The maximum atomic E-state index is 14.2. The lowest BCUT2D eigenvalue weighted by atomic mass is 10.0. The molecule has 2 aliphatic heterocycles. The molecule has 0 saturated carbocycles. The fourth-order valence-electron chi connectivity index (χ4n) is 3.28. The van der Waals surface area contributed by atoms with Gasteiger partial charge in [0.25, 0.3) is 11.8 Å². The first-order valence-corrected chi connectivity index (χ1v) is 8.80. The molecule has 1 aromatic carbocycles. The number of nitrogens with one attached hydrogen (secondary N) is 1. The first kappa shape index (κ1) is 20.1. The number of benzene rings is 1. The number of nitrogens with zero attached hydrogens (tertiary/aromatic N) is 1. The molecule has 1 fully saturated rings. The topological polar surface area (TPSA) is 95.9 Å². The van der Waals surface area contributed by atoms with E-state index in [1.165, 1.54) is 11.0 Å². The van der Waals surface area contributed by atoms with Crippen molar-refractivity contribution < 1.29 is 37.4 Å². The molecule has 152 valence electrons. The van der Waals surface area contributed by atoms with E-state index in [0.717, 1.165) is 6.07 Å². The second-order valence-corrected chi connectivity index (χ2v) is 6.77. The zero-order valence-electron chi connectivity index (χ0n) is 14.8. The Bertz CT molecular complexity index is 815. The predicted molar refractivity (Wildman–Crippen MR) is 89.2 cm³/mol. The molecule has 10 heteroatoms. The molecule has 1 saturated heterocycles. The van der Waals surface area contributed by atoms with Gasteiger partial charge >= 0.3 is 0 Å². The number of rotatable bonds is 7. The maximum absolute atomic E-state index is 14.2. The fourth-order valence-corrected chi connectivity index (χ4v) is 3.28. The molecule has 1 unspecified atom stereocenters. The van der Waals surface area contributed by atoms with Gasteiger partial charge in [-0.15, -0.1) is 0 Å². The zero-order chi connectivity index (χ0) is 20.5. The predicted octanol–water partition coefficient (Wildman–Crippen LogP) is 1.37.